The fraction of sp³-hybridized carbons (Fsp3) is 0.417. The number of hydrogen-bond donors (Lipinski definition) is 1. The number of unbranched alkanes of at least 4 members (excludes halogenated alkanes) is 2. The Kier molecular flexibility index (Phi) is 4.81. The summed E-state index contributed by atoms with van der Waals surface area (Å²) < 4.78 is 0. The Balaban J connectivity index is 2.12. The van der Waals surface area contributed by atoms with E-state index in [1.807, 2.05) is 6.08 Å². The minimum absolute atomic E-state index is 1.04. The van der Waals surface area contributed by atoms with Crippen LogP contribution in [0.4, 0.5) is 0 Å². The Morgan fingerprint density at radius 2 is 2.38 bits per heavy atom. The topological polar surface area (TPSA) is 26.0 Å². The molecular formula is C12H17N. The first-order valence-corrected chi connectivity index (χ1v) is 4.91. The molecule has 0 radical (unpaired) electrons. The van der Waals surface area contributed by atoms with Gasteiger partial charge >= 0.3 is 0 Å². The third kappa shape index (κ3) is 4.39. The molecule has 70 valence electrons. The molecule has 0 heterocycles. The second kappa shape index (κ2) is 6.33. The van der Waals surface area contributed by atoms with E-state index in [-0.39, 0.29) is 0 Å². The lowest BCUT2D eigenvalue weighted by Crippen LogP contribution is -1.82. The first-order chi connectivity index (χ1) is 6.43. The molecule has 0 saturated carbocycles. The van der Waals surface area contributed by atoms with Crippen LogP contribution in [0.3, 0.4) is 0 Å². The molecule has 1 aliphatic rings. The van der Waals surface area contributed by atoms with Crippen LogP contribution in [-0.4, -0.2) is 0 Å². The molecular weight excluding hydrogens is 158 g/mol. The van der Waals surface area contributed by atoms with Crippen LogP contribution >= 0.6 is 0 Å². The van der Waals surface area contributed by atoms with Gasteiger partial charge in [-0.15, -0.1) is 5.73 Å². The minimum Gasteiger partial charge on any atom is -0.405 e. The largest absolute Gasteiger partial charge is 0.405 e. The van der Waals surface area contributed by atoms with Crippen LogP contribution in [0.5, 0.6) is 0 Å². The van der Waals surface area contributed by atoms with Crippen molar-refractivity contribution in [3.8, 4) is 0 Å². The van der Waals surface area contributed by atoms with Crippen molar-refractivity contribution in [3.63, 3.8) is 0 Å². The molecule has 1 rings (SSSR count). The lowest BCUT2D eigenvalue weighted by atomic mass is 10.1. The highest BCUT2D eigenvalue weighted by Crippen LogP contribution is 2.12. The van der Waals surface area contributed by atoms with Crippen LogP contribution in [0.2, 0.25) is 0 Å². The molecule has 2 N–H and O–H groups in total. The van der Waals surface area contributed by atoms with Crippen molar-refractivity contribution in [2.45, 2.75) is 32.1 Å². The molecule has 0 saturated heterocycles. The fourth-order valence-corrected chi connectivity index (χ4v) is 1.35. The van der Waals surface area contributed by atoms with Crippen LogP contribution < -0.4 is 5.73 Å². The predicted octanol–water partition coefficient (Wildman–Crippen LogP) is 3.06. The van der Waals surface area contributed by atoms with Crippen molar-refractivity contribution < 1.29 is 0 Å². The van der Waals surface area contributed by atoms with Gasteiger partial charge in [0.1, 0.15) is 0 Å². The number of nitrogens with two attached hydrogens (primary N) is 1. The van der Waals surface area contributed by atoms with Crippen molar-refractivity contribution in [1.29, 1.82) is 0 Å². The normalized spacial score (nSPS) is 15.2. The zero-order valence-electron chi connectivity index (χ0n) is 8.00. The second-order valence-corrected chi connectivity index (χ2v) is 3.19. The maximum absolute atomic E-state index is 5.24. The summed E-state index contributed by atoms with van der Waals surface area (Å²) in [5.41, 5.74) is 9.85. The van der Waals surface area contributed by atoms with Crippen molar-refractivity contribution in [3.05, 3.63) is 41.8 Å². The molecule has 0 spiro atoms. The molecule has 0 atom stereocenters. The van der Waals surface area contributed by atoms with Crippen LogP contribution in [-0.2, 0) is 0 Å². The molecule has 0 amide bonds. The zero-order chi connectivity index (χ0) is 9.36. The number of rotatable bonds is 5. The van der Waals surface area contributed by atoms with Gasteiger partial charge in [-0.05, 0) is 50.0 Å². The predicted molar refractivity (Wildman–Crippen MR) is 57.1 cm³/mol. The Labute approximate surface area is 80.3 Å². The van der Waals surface area contributed by atoms with Gasteiger partial charge < -0.3 is 5.73 Å². The third-order valence-corrected chi connectivity index (χ3v) is 2.06. The van der Waals surface area contributed by atoms with E-state index < -0.39 is 0 Å². The van der Waals surface area contributed by atoms with E-state index in [0.717, 1.165) is 19.3 Å². The fourth-order valence-electron chi connectivity index (χ4n) is 1.35. The van der Waals surface area contributed by atoms with Crippen molar-refractivity contribution in [1.82, 2.24) is 0 Å². The monoisotopic (exact) mass is 175 g/mol. The van der Waals surface area contributed by atoms with Crippen molar-refractivity contribution >= 4 is 0 Å². The Morgan fingerprint density at radius 3 is 3.08 bits per heavy atom. The highest BCUT2D eigenvalue weighted by molar-refractivity contribution is 5.22. The van der Waals surface area contributed by atoms with Gasteiger partial charge in [0, 0.05) is 0 Å². The van der Waals surface area contributed by atoms with Gasteiger partial charge in [-0.1, -0.05) is 18.2 Å². The van der Waals surface area contributed by atoms with Crippen LogP contribution in [0.15, 0.2) is 41.8 Å². The zero-order valence-corrected chi connectivity index (χ0v) is 8.00. The highest BCUT2D eigenvalue weighted by atomic mass is 14.5. The van der Waals surface area contributed by atoms with E-state index in [9.17, 15) is 0 Å². The van der Waals surface area contributed by atoms with Gasteiger partial charge in [-0.3, -0.25) is 0 Å². The van der Waals surface area contributed by atoms with Gasteiger partial charge in [0.2, 0.25) is 0 Å². The molecule has 1 nitrogen and oxygen atoms in total. The molecule has 0 aromatic carbocycles. The maximum atomic E-state index is 5.24. The van der Waals surface area contributed by atoms with Gasteiger partial charge in [0.25, 0.3) is 0 Å². The lowest BCUT2D eigenvalue weighted by Gasteiger charge is -2.00. The summed E-state index contributed by atoms with van der Waals surface area (Å²) in [6, 6.07) is 0. The summed E-state index contributed by atoms with van der Waals surface area (Å²) >= 11 is 0. The second-order valence-electron chi connectivity index (χ2n) is 3.19. The summed E-state index contributed by atoms with van der Waals surface area (Å²) in [6.07, 6.45) is 15.8. The molecule has 0 aliphatic heterocycles. The summed E-state index contributed by atoms with van der Waals surface area (Å²) in [5.74, 6) is 0. The standard InChI is InChI=1S/C12H17N/c13-11-7-2-1-4-8-12-9-5-3-6-10-12/h5-7,9,11H,1-4,8,13H2. The van der Waals surface area contributed by atoms with Crippen LogP contribution in [0.25, 0.3) is 0 Å². The highest BCUT2D eigenvalue weighted by Gasteiger charge is 1.93. The summed E-state index contributed by atoms with van der Waals surface area (Å²) in [7, 11) is 0. The SMILES string of the molecule is NC=CCCCCC1=C=CCC=C1. The molecule has 0 fully saturated rings. The lowest BCUT2D eigenvalue weighted by molar-refractivity contribution is 0.749. The van der Waals surface area contributed by atoms with E-state index in [1.165, 1.54) is 18.4 Å². The summed E-state index contributed by atoms with van der Waals surface area (Å²) in [4.78, 5) is 0. The van der Waals surface area contributed by atoms with Crippen molar-refractivity contribution in [2.75, 3.05) is 0 Å². The summed E-state index contributed by atoms with van der Waals surface area (Å²) in [5, 5.41) is 0. The van der Waals surface area contributed by atoms with Gasteiger partial charge in [0.05, 0.1) is 0 Å². The van der Waals surface area contributed by atoms with E-state index in [1.54, 1.807) is 6.20 Å². The minimum atomic E-state index is 1.04. The van der Waals surface area contributed by atoms with E-state index >= 15 is 0 Å². The maximum Gasteiger partial charge on any atom is -0.00666 e. The first kappa shape index (κ1) is 9.88. The average molecular weight is 175 g/mol. The van der Waals surface area contributed by atoms with Crippen LogP contribution in [0.1, 0.15) is 32.1 Å². The van der Waals surface area contributed by atoms with Gasteiger partial charge in [-0.25, -0.2) is 0 Å². The van der Waals surface area contributed by atoms with Crippen molar-refractivity contribution in [2.24, 2.45) is 5.73 Å². The van der Waals surface area contributed by atoms with E-state index in [2.05, 4.69) is 24.0 Å². The Morgan fingerprint density at radius 1 is 1.46 bits per heavy atom. The number of allylic oxidation sites excluding steroid dienone is 4. The molecule has 0 aromatic rings. The van der Waals surface area contributed by atoms with Crippen LogP contribution in [0, 0.1) is 0 Å². The molecule has 1 heteroatoms. The average Bonchev–Trinajstić information content (AvgIpc) is 2.19. The quantitative estimate of drug-likeness (QED) is 0.504. The summed E-state index contributed by atoms with van der Waals surface area (Å²) in [6.45, 7) is 0. The third-order valence-electron chi connectivity index (χ3n) is 2.06. The Hall–Kier alpha value is -1.20. The molecule has 0 unspecified atom stereocenters. The molecule has 0 aromatic heterocycles. The smallest absolute Gasteiger partial charge is 0.00666 e. The van der Waals surface area contributed by atoms with E-state index in [4.69, 9.17) is 5.73 Å². The Bertz CT molecular complexity index is 252. The molecule has 13 heavy (non-hydrogen) atoms. The molecule has 0 bridgehead atoms. The molecule has 1 aliphatic carbocycles. The van der Waals surface area contributed by atoms with E-state index in [0.29, 0.717) is 0 Å². The number of hydrogen-bond acceptors (Lipinski definition) is 1. The van der Waals surface area contributed by atoms with Gasteiger partial charge in [-0.2, -0.15) is 0 Å². The first-order valence-electron chi connectivity index (χ1n) is 4.91. The van der Waals surface area contributed by atoms with Gasteiger partial charge in [0.15, 0.2) is 0 Å².